The molecule has 25 heavy (non-hydrogen) atoms. The maximum atomic E-state index is 12.1. The van der Waals surface area contributed by atoms with E-state index in [0.29, 0.717) is 18.0 Å². The van der Waals surface area contributed by atoms with Crippen LogP contribution in [-0.4, -0.2) is 32.2 Å². The summed E-state index contributed by atoms with van der Waals surface area (Å²) in [6.45, 7) is 4.85. The molecule has 0 atom stereocenters. The Morgan fingerprint density at radius 3 is 2.44 bits per heavy atom. The van der Waals surface area contributed by atoms with Crippen LogP contribution in [-0.2, 0) is 11.2 Å². The Morgan fingerprint density at radius 2 is 1.72 bits per heavy atom. The minimum atomic E-state index is -0.0974. The summed E-state index contributed by atoms with van der Waals surface area (Å²) in [6, 6.07) is 15.3. The molecule has 5 heteroatoms. The quantitative estimate of drug-likeness (QED) is 0.687. The molecule has 2 aromatic rings. The van der Waals surface area contributed by atoms with Crippen molar-refractivity contribution < 1.29 is 14.3 Å². The fraction of sp³-hybridized carbons (Fsp3) is 0.350. The molecule has 0 aliphatic heterocycles. The Hall–Kier alpha value is -2.53. The van der Waals surface area contributed by atoms with Crippen LogP contribution in [0.4, 0.5) is 5.69 Å². The van der Waals surface area contributed by atoms with Crippen molar-refractivity contribution in [2.45, 2.75) is 26.4 Å². The molecule has 1 amide bonds. The monoisotopic (exact) mass is 342 g/mol. The maximum absolute atomic E-state index is 12.1. The second-order valence-corrected chi connectivity index (χ2v) is 5.95. The van der Waals surface area contributed by atoms with E-state index in [0.717, 1.165) is 17.7 Å². The topological polar surface area (TPSA) is 59.6 Å². The first kappa shape index (κ1) is 18.8. The Morgan fingerprint density at radius 1 is 1.04 bits per heavy atom. The van der Waals surface area contributed by atoms with Gasteiger partial charge in [-0.1, -0.05) is 30.3 Å². The van der Waals surface area contributed by atoms with E-state index in [1.54, 1.807) is 7.11 Å². The predicted octanol–water partition coefficient (Wildman–Crippen LogP) is 3.25. The van der Waals surface area contributed by atoms with E-state index in [-0.39, 0.29) is 18.6 Å². The number of para-hydroxylation sites is 3. The van der Waals surface area contributed by atoms with Gasteiger partial charge < -0.3 is 20.1 Å². The lowest BCUT2D eigenvalue weighted by Crippen LogP contribution is -2.29. The Balaban J connectivity index is 1.80. The number of ether oxygens (including phenoxy) is 2. The molecule has 0 aliphatic carbocycles. The highest BCUT2D eigenvalue weighted by Crippen LogP contribution is 2.24. The third kappa shape index (κ3) is 6.12. The van der Waals surface area contributed by atoms with Crippen LogP contribution < -0.4 is 20.1 Å². The predicted molar refractivity (Wildman–Crippen MR) is 100 cm³/mol. The molecular weight excluding hydrogens is 316 g/mol. The van der Waals surface area contributed by atoms with Crippen molar-refractivity contribution in [3.05, 3.63) is 54.1 Å². The third-order valence-corrected chi connectivity index (χ3v) is 3.57. The summed E-state index contributed by atoms with van der Waals surface area (Å²) in [5, 5.41) is 6.04. The van der Waals surface area contributed by atoms with Crippen molar-refractivity contribution in [1.82, 2.24) is 5.32 Å². The Bertz CT molecular complexity index is 686. The van der Waals surface area contributed by atoms with Crippen molar-refractivity contribution in [2.75, 3.05) is 25.5 Å². The number of hydrogen-bond donors (Lipinski definition) is 2. The molecule has 2 aromatic carbocycles. The molecule has 0 aromatic heterocycles. The smallest absolute Gasteiger partial charge is 0.238 e. The fourth-order valence-electron chi connectivity index (χ4n) is 2.46. The van der Waals surface area contributed by atoms with E-state index in [1.165, 1.54) is 0 Å². The number of hydrogen-bond acceptors (Lipinski definition) is 4. The number of benzene rings is 2. The number of rotatable bonds is 9. The Kier molecular flexibility index (Phi) is 7.29. The van der Waals surface area contributed by atoms with Crippen LogP contribution in [0.1, 0.15) is 19.4 Å². The average molecular weight is 342 g/mol. The second-order valence-electron chi connectivity index (χ2n) is 5.95. The lowest BCUT2D eigenvalue weighted by atomic mass is 10.1. The molecule has 0 radical (unpaired) electrons. The second kappa shape index (κ2) is 9.69. The number of nitrogens with one attached hydrogen (secondary N) is 2. The van der Waals surface area contributed by atoms with Gasteiger partial charge in [0, 0.05) is 0 Å². The van der Waals surface area contributed by atoms with Crippen LogP contribution in [0.2, 0.25) is 0 Å². The van der Waals surface area contributed by atoms with Crippen LogP contribution in [0.15, 0.2) is 48.5 Å². The van der Waals surface area contributed by atoms with E-state index < -0.39 is 0 Å². The Labute approximate surface area is 149 Å². The van der Waals surface area contributed by atoms with Gasteiger partial charge in [0.2, 0.25) is 5.91 Å². The van der Waals surface area contributed by atoms with Gasteiger partial charge in [-0.05, 0) is 50.6 Å². The van der Waals surface area contributed by atoms with E-state index in [9.17, 15) is 4.79 Å². The molecule has 0 unspecified atom stereocenters. The summed E-state index contributed by atoms with van der Waals surface area (Å²) in [7, 11) is 1.66. The lowest BCUT2D eigenvalue weighted by molar-refractivity contribution is -0.115. The van der Waals surface area contributed by atoms with Crippen LogP contribution >= 0.6 is 0 Å². The molecule has 134 valence electrons. The van der Waals surface area contributed by atoms with Crippen LogP contribution in [0, 0.1) is 0 Å². The first-order valence-corrected chi connectivity index (χ1v) is 8.48. The number of anilines is 1. The zero-order valence-corrected chi connectivity index (χ0v) is 15.0. The summed E-state index contributed by atoms with van der Waals surface area (Å²) in [5.74, 6) is 1.45. The van der Waals surface area contributed by atoms with Crippen molar-refractivity contribution >= 4 is 11.6 Å². The largest absolute Gasteiger partial charge is 0.496 e. The van der Waals surface area contributed by atoms with Gasteiger partial charge in [-0.2, -0.15) is 0 Å². The number of carbonyl (C=O) groups is 1. The standard InChI is InChI=1S/C20H26N2O3/c1-15(2)25-19-11-7-5-9-17(19)22-20(23)14-21-13-12-16-8-4-6-10-18(16)24-3/h4-11,15,21H,12-14H2,1-3H3,(H,22,23). The van der Waals surface area contributed by atoms with Gasteiger partial charge in [-0.25, -0.2) is 0 Å². The van der Waals surface area contributed by atoms with Crippen LogP contribution in [0.3, 0.4) is 0 Å². The summed E-state index contributed by atoms with van der Waals surface area (Å²) < 4.78 is 11.0. The van der Waals surface area contributed by atoms with Gasteiger partial charge in [0.1, 0.15) is 11.5 Å². The van der Waals surface area contributed by atoms with Gasteiger partial charge in [0.15, 0.2) is 0 Å². The number of methoxy groups -OCH3 is 1. The normalized spacial score (nSPS) is 10.6. The molecule has 2 N–H and O–H groups in total. The minimum absolute atomic E-state index is 0.0528. The molecule has 0 heterocycles. The summed E-state index contributed by atoms with van der Waals surface area (Å²) >= 11 is 0. The average Bonchev–Trinajstić information content (AvgIpc) is 2.60. The van der Waals surface area contributed by atoms with E-state index in [2.05, 4.69) is 10.6 Å². The lowest BCUT2D eigenvalue weighted by Gasteiger charge is -2.15. The molecule has 2 rings (SSSR count). The molecular formula is C20H26N2O3. The van der Waals surface area contributed by atoms with E-state index in [4.69, 9.17) is 9.47 Å². The summed E-state index contributed by atoms with van der Waals surface area (Å²) in [6.07, 6.45) is 0.849. The highest BCUT2D eigenvalue weighted by Gasteiger charge is 2.08. The summed E-state index contributed by atoms with van der Waals surface area (Å²) in [4.78, 5) is 12.1. The zero-order valence-electron chi connectivity index (χ0n) is 15.0. The number of amides is 1. The maximum Gasteiger partial charge on any atom is 0.238 e. The van der Waals surface area contributed by atoms with Crippen LogP contribution in [0.5, 0.6) is 11.5 Å². The van der Waals surface area contributed by atoms with Crippen LogP contribution in [0.25, 0.3) is 0 Å². The van der Waals surface area contributed by atoms with Crippen molar-refractivity contribution in [2.24, 2.45) is 0 Å². The number of carbonyl (C=O) groups excluding carboxylic acids is 1. The molecule has 0 spiro atoms. The molecule has 0 saturated heterocycles. The highest BCUT2D eigenvalue weighted by molar-refractivity contribution is 5.93. The van der Waals surface area contributed by atoms with Gasteiger partial charge in [-0.15, -0.1) is 0 Å². The minimum Gasteiger partial charge on any atom is -0.496 e. The fourth-order valence-corrected chi connectivity index (χ4v) is 2.46. The first-order chi connectivity index (χ1) is 12.1. The van der Waals surface area contributed by atoms with Gasteiger partial charge in [0.05, 0.1) is 25.4 Å². The van der Waals surface area contributed by atoms with Crippen molar-refractivity contribution in [1.29, 1.82) is 0 Å². The van der Waals surface area contributed by atoms with Gasteiger partial charge >= 0.3 is 0 Å². The molecule has 0 aliphatic rings. The first-order valence-electron chi connectivity index (χ1n) is 8.48. The highest BCUT2D eigenvalue weighted by atomic mass is 16.5. The van der Waals surface area contributed by atoms with E-state index in [1.807, 2.05) is 62.4 Å². The van der Waals surface area contributed by atoms with E-state index >= 15 is 0 Å². The summed E-state index contributed by atoms with van der Waals surface area (Å²) in [5.41, 5.74) is 1.81. The molecule has 5 nitrogen and oxygen atoms in total. The molecule has 0 saturated carbocycles. The van der Waals surface area contributed by atoms with Crippen molar-refractivity contribution in [3.8, 4) is 11.5 Å². The third-order valence-electron chi connectivity index (χ3n) is 3.57. The molecule has 0 bridgehead atoms. The van der Waals surface area contributed by atoms with Gasteiger partial charge in [-0.3, -0.25) is 4.79 Å². The van der Waals surface area contributed by atoms with Gasteiger partial charge in [0.25, 0.3) is 0 Å². The van der Waals surface area contributed by atoms with Crippen molar-refractivity contribution in [3.63, 3.8) is 0 Å². The molecule has 0 fully saturated rings. The SMILES string of the molecule is COc1ccccc1CCNCC(=O)Nc1ccccc1OC(C)C. The zero-order chi connectivity index (χ0) is 18.1.